The fraction of sp³-hybridized carbons (Fsp3) is 0.316. The highest BCUT2D eigenvalue weighted by atomic mass is 32.2. The minimum Gasteiger partial charge on any atom is -0.376 e. The number of hydrogen-bond donors (Lipinski definition) is 1. The molecule has 0 aromatic heterocycles. The van der Waals surface area contributed by atoms with Crippen LogP contribution in [0.15, 0.2) is 59.5 Å². The van der Waals surface area contributed by atoms with Crippen molar-refractivity contribution in [1.82, 2.24) is 5.32 Å². The molecule has 1 fully saturated rings. The molecule has 0 saturated carbocycles. The Labute approximate surface area is 153 Å². The minimum atomic E-state index is -3.75. The van der Waals surface area contributed by atoms with E-state index < -0.39 is 10.0 Å². The number of nitrogens with zero attached hydrogens (tertiary/aromatic N) is 1. The Hall–Kier alpha value is -2.38. The van der Waals surface area contributed by atoms with Gasteiger partial charge < -0.3 is 10.1 Å². The van der Waals surface area contributed by atoms with Gasteiger partial charge in [0.2, 0.25) is 0 Å². The first-order valence-electron chi connectivity index (χ1n) is 8.53. The molecular weight excluding hydrogens is 352 g/mol. The van der Waals surface area contributed by atoms with Crippen LogP contribution < -0.4 is 9.62 Å². The second-order valence-electron chi connectivity index (χ2n) is 6.15. The standard InChI is InChI=1S/C19H22N2O4S/c1-21(26(23,24)16-9-3-2-4-10-16)18-12-6-5-11-17(18)19(22)20-14-15-8-7-13-25-15/h2-6,9-12,15H,7-8,13-14H2,1H3,(H,20,22)/t15-/m0/s1. The van der Waals surface area contributed by atoms with Gasteiger partial charge in [-0.25, -0.2) is 8.42 Å². The molecule has 2 aromatic rings. The highest BCUT2D eigenvalue weighted by Crippen LogP contribution is 2.25. The molecule has 0 radical (unpaired) electrons. The number of benzene rings is 2. The summed E-state index contributed by atoms with van der Waals surface area (Å²) in [6.07, 6.45) is 1.94. The summed E-state index contributed by atoms with van der Waals surface area (Å²) in [5.41, 5.74) is 0.647. The second kappa shape index (κ2) is 7.88. The molecule has 0 spiro atoms. The van der Waals surface area contributed by atoms with Crippen molar-refractivity contribution in [2.24, 2.45) is 0 Å². The lowest BCUT2D eigenvalue weighted by atomic mass is 10.1. The first-order chi connectivity index (χ1) is 12.5. The van der Waals surface area contributed by atoms with Crippen LogP contribution in [0.3, 0.4) is 0 Å². The highest BCUT2D eigenvalue weighted by Gasteiger charge is 2.25. The Morgan fingerprint density at radius 3 is 2.54 bits per heavy atom. The number of para-hydroxylation sites is 1. The van der Waals surface area contributed by atoms with E-state index in [0.29, 0.717) is 17.8 Å². The fourth-order valence-electron chi connectivity index (χ4n) is 2.93. The summed E-state index contributed by atoms with van der Waals surface area (Å²) in [7, 11) is -2.30. The zero-order valence-electron chi connectivity index (χ0n) is 14.6. The van der Waals surface area contributed by atoms with E-state index in [4.69, 9.17) is 4.74 Å². The van der Waals surface area contributed by atoms with Crippen LogP contribution in [-0.2, 0) is 14.8 Å². The minimum absolute atomic E-state index is 0.0249. The summed E-state index contributed by atoms with van der Waals surface area (Å²) in [6.45, 7) is 1.14. The topological polar surface area (TPSA) is 75.7 Å². The third kappa shape index (κ3) is 3.89. The molecule has 0 aliphatic carbocycles. The molecular formula is C19H22N2O4S. The van der Waals surface area contributed by atoms with Gasteiger partial charge >= 0.3 is 0 Å². The summed E-state index contributed by atoms with van der Waals surface area (Å²) in [5, 5.41) is 2.84. The smallest absolute Gasteiger partial charge is 0.264 e. The van der Waals surface area contributed by atoms with E-state index in [-0.39, 0.29) is 16.9 Å². The van der Waals surface area contributed by atoms with E-state index in [1.807, 2.05) is 0 Å². The average Bonchev–Trinajstić information content (AvgIpc) is 3.20. The number of carbonyl (C=O) groups excluding carboxylic acids is 1. The molecule has 3 rings (SSSR count). The quantitative estimate of drug-likeness (QED) is 0.843. The zero-order chi connectivity index (χ0) is 18.6. The van der Waals surface area contributed by atoms with E-state index >= 15 is 0 Å². The molecule has 1 amide bonds. The lowest BCUT2D eigenvalue weighted by Crippen LogP contribution is -2.34. The molecule has 1 heterocycles. The fourth-order valence-corrected chi connectivity index (χ4v) is 4.16. The van der Waals surface area contributed by atoms with Gasteiger partial charge in [0.05, 0.1) is 22.3 Å². The van der Waals surface area contributed by atoms with Crippen molar-refractivity contribution < 1.29 is 17.9 Å². The van der Waals surface area contributed by atoms with Crippen LogP contribution in [0.5, 0.6) is 0 Å². The van der Waals surface area contributed by atoms with Crippen LogP contribution in [0.2, 0.25) is 0 Å². The summed E-state index contributed by atoms with van der Waals surface area (Å²) < 4.78 is 32.3. The van der Waals surface area contributed by atoms with Gasteiger partial charge in [0.25, 0.3) is 15.9 Å². The van der Waals surface area contributed by atoms with Gasteiger partial charge in [-0.05, 0) is 37.1 Å². The van der Waals surface area contributed by atoms with Gasteiger partial charge in [-0.2, -0.15) is 0 Å². The van der Waals surface area contributed by atoms with Gasteiger partial charge in [-0.1, -0.05) is 30.3 Å². The Bertz CT molecular complexity index is 862. The Balaban J connectivity index is 1.83. The van der Waals surface area contributed by atoms with Crippen molar-refractivity contribution in [3.63, 3.8) is 0 Å². The van der Waals surface area contributed by atoms with Gasteiger partial charge in [-0.15, -0.1) is 0 Å². The van der Waals surface area contributed by atoms with Crippen LogP contribution in [0.1, 0.15) is 23.2 Å². The molecule has 138 valence electrons. The largest absolute Gasteiger partial charge is 0.376 e. The van der Waals surface area contributed by atoms with Crippen molar-refractivity contribution in [1.29, 1.82) is 0 Å². The van der Waals surface area contributed by atoms with Crippen LogP contribution in [0.4, 0.5) is 5.69 Å². The normalized spacial score (nSPS) is 17.0. The summed E-state index contributed by atoms with van der Waals surface area (Å²) in [4.78, 5) is 12.8. The Morgan fingerprint density at radius 1 is 1.15 bits per heavy atom. The number of sulfonamides is 1. The molecule has 1 N–H and O–H groups in total. The number of nitrogens with one attached hydrogen (secondary N) is 1. The predicted molar refractivity (Wildman–Crippen MR) is 99.8 cm³/mol. The van der Waals surface area contributed by atoms with Gasteiger partial charge in [0.1, 0.15) is 0 Å². The second-order valence-corrected chi connectivity index (χ2v) is 8.12. The van der Waals surface area contributed by atoms with Crippen LogP contribution in [0, 0.1) is 0 Å². The molecule has 1 atom stereocenters. The third-order valence-electron chi connectivity index (χ3n) is 4.40. The number of amides is 1. The van der Waals surface area contributed by atoms with E-state index in [9.17, 15) is 13.2 Å². The molecule has 0 bridgehead atoms. The molecule has 6 nitrogen and oxygen atoms in total. The highest BCUT2D eigenvalue weighted by molar-refractivity contribution is 7.92. The maximum Gasteiger partial charge on any atom is 0.264 e. The average molecular weight is 374 g/mol. The first-order valence-corrected chi connectivity index (χ1v) is 9.97. The third-order valence-corrected chi connectivity index (χ3v) is 6.19. The van der Waals surface area contributed by atoms with Gasteiger partial charge in [0.15, 0.2) is 0 Å². The summed E-state index contributed by atoms with van der Waals surface area (Å²) >= 11 is 0. The lowest BCUT2D eigenvalue weighted by molar-refractivity contribution is 0.0858. The number of hydrogen-bond acceptors (Lipinski definition) is 4. The number of carbonyl (C=O) groups is 1. The van der Waals surface area contributed by atoms with Gasteiger partial charge in [0, 0.05) is 20.2 Å². The van der Waals surface area contributed by atoms with E-state index in [1.165, 1.54) is 19.2 Å². The molecule has 0 unspecified atom stereocenters. The first kappa shape index (κ1) is 18.4. The molecule has 7 heteroatoms. The summed E-state index contributed by atoms with van der Waals surface area (Å²) in [5.74, 6) is -0.314. The lowest BCUT2D eigenvalue weighted by Gasteiger charge is -2.22. The molecule has 1 saturated heterocycles. The zero-order valence-corrected chi connectivity index (χ0v) is 15.4. The van der Waals surface area contributed by atoms with E-state index in [1.54, 1.807) is 42.5 Å². The van der Waals surface area contributed by atoms with Crippen molar-refractivity contribution in [2.75, 3.05) is 24.5 Å². The Kier molecular flexibility index (Phi) is 5.58. The molecule has 1 aliphatic rings. The van der Waals surface area contributed by atoms with Crippen LogP contribution in [0.25, 0.3) is 0 Å². The van der Waals surface area contributed by atoms with E-state index in [0.717, 1.165) is 23.8 Å². The maximum atomic E-state index is 12.8. The van der Waals surface area contributed by atoms with Gasteiger partial charge in [-0.3, -0.25) is 9.10 Å². The van der Waals surface area contributed by atoms with Crippen molar-refractivity contribution in [3.05, 3.63) is 60.2 Å². The molecule has 26 heavy (non-hydrogen) atoms. The molecule has 1 aliphatic heterocycles. The van der Waals surface area contributed by atoms with Crippen molar-refractivity contribution >= 4 is 21.6 Å². The number of anilines is 1. The number of ether oxygens (including phenoxy) is 1. The van der Waals surface area contributed by atoms with Crippen LogP contribution >= 0.6 is 0 Å². The molecule has 2 aromatic carbocycles. The van der Waals surface area contributed by atoms with E-state index in [2.05, 4.69) is 5.32 Å². The SMILES string of the molecule is CN(c1ccccc1C(=O)NC[C@@H]1CCCO1)S(=O)(=O)c1ccccc1. The van der Waals surface area contributed by atoms with Crippen LogP contribution in [-0.4, -0.2) is 40.6 Å². The van der Waals surface area contributed by atoms with Crippen molar-refractivity contribution in [2.45, 2.75) is 23.8 Å². The monoisotopic (exact) mass is 374 g/mol. The van der Waals surface area contributed by atoms with Crippen molar-refractivity contribution in [3.8, 4) is 0 Å². The Morgan fingerprint density at radius 2 is 1.85 bits per heavy atom. The maximum absolute atomic E-state index is 12.8. The number of rotatable bonds is 6. The summed E-state index contributed by atoms with van der Waals surface area (Å²) in [6, 6.07) is 14.8. The predicted octanol–water partition coefficient (Wildman–Crippen LogP) is 2.42.